The number of rotatable bonds is 7. The summed E-state index contributed by atoms with van der Waals surface area (Å²) in [4.78, 5) is 0. The van der Waals surface area contributed by atoms with E-state index in [0.29, 0.717) is 5.11 Å². The average molecular weight is 373 g/mol. The van der Waals surface area contributed by atoms with Gasteiger partial charge in [-0.25, -0.2) is 0 Å². The van der Waals surface area contributed by atoms with Gasteiger partial charge in [0.15, 0.2) is 16.6 Å². The molecule has 0 radical (unpaired) electrons. The highest BCUT2D eigenvalue weighted by atomic mass is 32.1. The Hall–Kier alpha value is -2.27. The van der Waals surface area contributed by atoms with Crippen LogP contribution in [0.15, 0.2) is 36.4 Å². The fourth-order valence-corrected chi connectivity index (χ4v) is 3.27. The first kappa shape index (κ1) is 20.0. The zero-order valence-electron chi connectivity index (χ0n) is 16.2. The van der Waals surface area contributed by atoms with Crippen LogP contribution in [0, 0.1) is 13.8 Å². The minimum atomic E-state index is 0.164. The highest BCUT2D eigenvalue weighted by Crippen LogP contribution is 2.27. The van der Waals surface area contributed by atoms with Crippen molar-refractivity contribution in [2.45, 2.75) is 33.2 Å². The van der Waals surface area contributed by atoms with Crippen molar-refractivity contribution in [3.63, 3.8) is 0 Å². The van der Waals surface area contributed by atoms with E-state index in [9.17, 15) is 0 Å². The Morgan fingerprint density at radius 2 is 1.77 bits per heavy atom. The summed E-state index contributed by atoms with van der Waals surface area (Å²) in [5.74, 6) is 1.48. The number of benzene rings is 2. The fourth-order valence-electron chi connectivity index (χ4n) is 2.99. The number of ether oxygens (including phenoxy) is 2. The molecule has 0 amide bonds. The molecule has 4 nitrogen and oxygen atoms in total. The molecule has 2 N–H and O–H groups in total. The molecular weight excluding hydrogens is 344 g/mol. The molecule has 0 heterocycles. The van der Waals surface area contributed by atoms with Crippen LogP contribution >= 0.6 is 12.2 Å². The predicted molar refractivity (Wildman–Crippen MR) is 111 cm³/mol. The minimum Gasteiger partial charge on any atom is -0.493 e. The van der Waals surface area contributed by atoms with Gasteiger partial charge in [-0.05, 0) is 68.2 Å². The quantitative estimate of drug-likeness (QED) is 0.717. The zero-order valence-corrected chi connectivity index (χ0v) is 17.0. The first-order valence-corrected chi connectivity index (χ1v) is 9.17. The third-order valence-corrected chi connectivity index (χ3v) is 4.65. The Morgan fingerprint density at radius 1 is 1.04 bits per heavy atom. The molecule has 1 unspecified atom stereocenters. The first-order chi connectivity index (χ1) is 12.4. The molecule has 2 aromatic carbocycles. The van der Waals surface area contributed by atoms with Crippen LogP contribution in [0.1, 0.15) is 35.2 Å². The van der Waals surface area contributed by atoms with Gasteiger partial charge in [-0.15, -0.1) is 0 Å². The molecule has 5 heteroatoms. The smallest absolute Gasteiger partial charge is 0.166 e. The predicted octanol–water partition coefficient (Wildman–Crippen LogP) is 4.09. The van der Waals surface area contributed by atoms with Crippen molar-refractivity contribution in [2.24, 2.45) is 0 Å². The second-order valence-electron chi connectivity index (χ2n) is 6.42. The van der Waals surface area contributed by atoms with E-state index in [2.05, 4.69) is 49.6 Å². The van der Waals surface area contributed by atoms with Gasteiger partial charge >= 0.3 is 0 Å². The number of nitrogens with one attached hydrogen (secondary N) is 2. The standard InChI is InChI=1S/C21H28N2O2S/c1-14-6-8-18(15(2)12-14)16(3)23-21(26)22-11-10-17-7-9-19(24-4)20(13-17)25-5/h6-9,12-13,16H,10-11H2,1-5H3,(H2,22,23,26). The normalized spacial score (nSPS) is 11.6. The van der Waals surface area contributed by atoms with Gasteiger partial charge in [0.2, 0.25) is 0 Å². The number of hydrogen-bond donors (Lipinski definition) is 2. The van der Waals surface area contributed by atoms with Crippen LogP contribution in [-0.4, -0.2) is 25.9 Å². The molecule has 26 heavy (non-hydrogen) atoms. The lowest BCUT2D eigenvalue weighted by Gasteiger charge is -2.19. The maximum Gasteiger partial charge on any atom is 0.166 e. The van der Waals surface area contributed by atoms with Crippen LogP contribution in [-0.2, 0) is 6.42 Å². The molecule has 0 spiro atoms. The Balaban J connectivity index is 1.85. The Morgan fingerprint density at radius 3 is 2.42 bits per heavy atom. The molecule has 0 saturated heterocycles. The summed E-state index contributed by atoms with van der Waals surface area (Å²) in [6.45, 7) is 7.12. The number of thiocarbonyl (C=S) groups is 1. The van der Waals surface area contributed by atoms with Crippen LogP contribution < -0.4 is 20.1 Å². The van der Waals surface area contributed by atoms with E-state index in [1.54, 1.807) is 14.2 Å². The molecule has 0 fully saturated rings. The lowest BCUT2D eigenvalue weighted by molar-refractivity contribution is 0.354. The first-order valence-electron chi connectivity index (χ1n) is 8.77. The van der Waals surface area contributed by atoms with Crippen molar-refractivity contribution in [3.8, 4) is 11.5 Å². The Kier molecular flexibility index (Phi) is 7.27. The van der Waals surface area contributed by atoms with Gasteiger partial charge in [0.05, 0.1) is 20.3 Å². The summed E-state index contributed by atoms with van der Waals surface area (Å²) in [5, 5.41) is 7.30. The van der Waals surface area contributed by atoms with Crippen molar-refractivity contribution < 1.29 is 9.47 Å². The molecule has 2 aromatic rings. The lowest BCUT2D eigenvalue weighted by Crippen LogP contribution is -2.38. The Bertz CT molecular complexity index is 762. The topological polar surface area (TPSA) is 42.5 Å². The second kappa shape index (κ2) is 9.43. The molecule has 0 aliphatic heterocycles. The van der Waals surface area contributed by atoms with Gasteiger partial charge < -0.3 is 20.1 Å². The molecule has 1 atom stereocenters. The van der Waals surface area contributed by atoms with Crippen LogP contribution in [0.2, 0.25) is 0 Å². The monoisotopic (exact) mass is 372 g/mol. The molecular formula is C21H28N2O2S. The molecule has 2 rings (SSSR count). The van der Waals surface area contributed by atoms with Gasteiger partial charge in [-0.3, -0.25) is 0 Å². The van der Waals surface area contributed by atoms with E-state index >= 15 is 0 Å². The van der Waals surface area contributed by atoms with E-state index in [1.165, 1.54) is 22.3 Å². The summed E-state index contributed by atoms with van der Waals surface area (Å²) in [6.07, 6.45) is 0.847. The van der Waals surface area contributed by atoms with Crippen LogP contribution in [0.25, 0.3) is 0 Å². The van der Waals surface area contributed by atoms with Crippen molar-refractivity contribution in [3.05, 3.63) is 58.7 Å². The van der Waals surface area contributed by atoms with Crippen LogP contribution in [0.3, 0.4) is 0 Å². The molecule has 0 bridgehead atoms. The largest absolute Gasteiger partial charge is 0.493 e. The lowest BCUT2D eigenvalue weighted by atomic mass is 10.0. The molecule has 0 aliphatic carbocycles. The molecule has 0 aromatic heterocycles. The SMILES string of the molecule is COc1ccc(CCNC(=S)NC(C)c2ccc(C)cc2C)cc1OC. The molecule has 0 aliphatic rings. The molecule has 0 saturated carbocycles. The number of hydrogen-bond acceptors (Lipinski definition) is 3. The number of methoxy groups -OCH3 is 2. The van der Waals surface area contributed by atoms with Crippen molar-refractivity contribution >= 4 is 17.3 Å². The fraction of sp³-hybridized carbons (Fsp3) is 0.381. The van der Waals surface area contributed by atoms with E-state index in [1.807, 2.05) is 18.2 Å². The van der Waals surface area contributed by atoms with Gasteiger partial charge in [0.25, 0.3) is 0 Å². The second-order valence-corrected chi connectivity index (χ2v) is 6.83. The Labute approximate surface area is 161 Å². The highest BCUT2D eigenvalue weighted by Gasteiger charge is 2.10. The summed E-state index contributed by atoms with van der Waals surface area (Å²) >= 11 is 5.44. The highest BCUT2D eigenvalue weighted by molar-refractivity contribution is 7.80. The summed E-state index contributed by atoms with van der Waals surface area (Å²) < 4.78 is 10.6. The average Bonchev–Trinajstić information content (AvgIpc) is 2.61. The van der Waals surface area contributed by atoms with Gasteiger partial charge in [-0.1, -0.05) is 29.8 Å². The van der Waals surface area contributed by atoms with E-state index < -0.39 is 0 Å². The summed E-state index contributed by atoms with van der Waals surface area (Å²) in [5.41, 5.74) is 4.98. The maximum absolute atomic E-state index is 5.44. The van der Waals surface area contributed by atoms with E-state index in [-0.39, 0.29) is 6.04 Å². The van der Waals surface area contributed by atoms with Crippen molar-refractivity contribution in [1.82, 2.24) is 10.6 Å². The summed E-state index contributed by atoms with van der Waals surface area (Å²) in [6, 6.07) is 12.6. The van der Waals surface area contributed by atoms with Crippen LogP contribution in [0.4, 0.5) is 0 Å². The molecule has 140 valence electrons. The zero-order chi connectivity index (χ0) is 19.1. The minimum absolute atomic E-state index is 0.164. The van der Waals surface area contributed by atoms with Crippen LogP contribution in [0.5, 0.6) is 11.5 Å². The van der Waals surface area contributed by atoms with Crippen molar-refractivity contribution in [1.29, 1.82) is 0 Å². The van der Waals surface area contributed by atoms with Crippen molar-refractivity contribution in [2.75, 3.05) is 20.8 Å². The number of aryl methyl sites for hydroxylation is 2. The van der Waals surface area contributed by atoms with E-state index in [0.717, 1.165) is 24.5 Å². The van der Waals surface area contributed by atoms with E-state index in [4.69, 9.17) is 21.7 Å². The van der Waals surface area contributed by atoms with Gasteiger partial charge in [0.1, 0.15) is 0 Å². The maximum atomic E-state index is 5.44. The summed E-state index contributed by atoms with van der Waals surface area (Å²) in [7, 11) is 3.29. The third kappa shape index (κ3) is 5.36. The third-order valence-electron chi connectivity index (χ3n) is 4.39. The van der Waals surface area contributed by atoms with Gasteiger partial charge in [0, 0.05) is 6.54 Å². The van der Waals surface area contributed by atoms with Gasteiger partial charge in [-0.2, -0.15) is 0 Å².